The van der Waals surface area contributed by atoms with Gasteiger partial charge in [-0.15, -0.1) is 0 Å². The van der Waals surface area contributed by atoms with Crippen LogP contribution < -0.4 is 10.2 Å². The summed E-state index contributed by atoms with van der Waals surface area (Å²) in [5.41, 5.74) is 0.882. The molecule has 206 valence electrons. The lowest BCUT2D eigenvalue weighted by Crippen LogP contribution is -2.57. The number of aryl methyl sites for hydroxylation is 1. The number of carbonyl (C=O) groups is 3. The maximum Gasteiger partial charge on any atom is 0.273 e. The largest absolute Gasteiger partial charge is 0.339 e. The summed E-state index contributed by atoms with van der Waals surface area (Å²) in [5.74, 6) is -1.36. The first-order valence-corrected chi connectivity index (χ1v) is 12.9. The van der Waals surface area contributed by atoms with E-state index in [0.29, 0.717) is 24.1 Å². The predicted octanol–water partition coefficient (Wildman–Crippen LogP) is 3.96. The summed E-state index contributed by atoms with van der Waals surface area (Å²) >= 11 is 0. The maximum absolute atomic E-state index is 13.9. The number of nitrogens with zero attached hydrogens (tertiary/aromatic N) is 4. The molecule has 2 aliphatic heterocycles. The molecular formula is C29H28FN5O5. The Balaban J connectivity index is 1.34. The van der Waals surface area contributed by atoms with Crippen molar-refractivity contribution in [2.75, 3.05) is 36.5 Å². The fourth-order valence-corrected chi connectivity index (χ4v) is 5.43. The molecule has 2 heterocycles. The van der Waals surface area contributed by atoms with E-state index in [1.54, 1.807) is 24.0 Å². The summed E-state index contributed by atoms with van der Waals surface area (Å²) in [6.07, 6.45) is 0.660. The highest BCUT2D eigenvalue weighted by atomic mass is 19.1. The molecule has 2 aliphatic rings. The molecule has 3 amide bonds. The zero-order chi connectivity index (χ0) is 28.4. The fourth-order valence-electron chi connectivity index (χ4n) is 5.43. The highest BCUT2D eigenvalue weighted by Crippen LogP contribution is 2.39. The minimum atomic E-state index is -0.951. The number of benzene rings is 3. The van der Waals surface area contributed by atoms with Gasteiger partial charge < -0.3 is 20.0 Å². The Kier molecular flexibility index (Phi) is 7.20. The number of nitro groups is 1. The van der Waals surface area contributed by atoms with E-state index in [9.17, 15) is 28.9 Å². The topological polar surface area (TPSA) is 116 Å². The van der Waals surface area contributed by atoms with Crippen molar-refractivity contribution in [3.05, 3.63) is 99.9 Å². The summed E-state index contributed by atoms with van der Waals surface area (Å²) in [6, 6.07) is 19.2. The maximum atomic E-state index is 13.9. The second-order valence-corrected chi connectivity index (χ2v) is 10.0. The minimum Gasteiger partial charge on any atom is -0.339 e. The number of amides is 3. The van der Waals surface area contributed by atoms with Gasteiger partial charge in [0.2, 0.25) is 5.91 Å². The smallest absolute Gasteiger partial charge is 0.273 e. The Morgan fingerprint density at radius 1 is 1.02 bits per heavy atom. The quantitative estimate of drug-likeness (QED) is 0.370. The van der Waals surface area contributed by atoms with Gasteiger partial charge in [-0.1, -0.05) is 24.3 Å². The lowest BCUT2D eigenvalue weighted by atomic mass is 9.85. The number of likely N-dealkylation sites (tertiary alicyclic amines) is 1. The van der Waals surface area contributed by atoms with Crippen molar-refractivity contribution < 1.29 is 23.7 Å². The van der Waals surface area contributed by atoms with Gasteiger partial charge in [-0.3, -0.25) is 24.5 Å². The molecule has 1 N–H and O–H groups in total. The Morgan fingerprint density at radius 3 is 2.35 bits per heavy atom. The second-order valence-electron chi connectivity index (χ2n) is 10.0. The molecule has 0 aromatic heterocycles. The van der Waals surface area contributed by atoms with E-state index < -0.39 is 22.2 Å². The van der Waals surface area contributed by atoms with Crippen molar-refractivity contribution in [2.24, 2.45) is 0 Å². The van der Waals surface area contributed by atoms with Crippen LogP contribution in [0.25, 0.3) is 0 Å². The van der Waals surface area contributed by atoms with Crippen molar-refractivity contribution in [1.82, 2.24) is 9.80 Å². The summed E-state index contributed by atoms with van der Waals surface area (Å²) < 4.78 is 13.2. The molecule has 1 spiro atoms. The average molecular weight is 546 g/mol. The minimum absolute atomic E-state index is 0.116. The predicted molar refractivity (Wildman–Crippen MR) is 146 cm³/mol. The van der Waals surface area contributed by atoms with Gasteiger partial charge in [0, 0.05) is 41.7 Å². The Labute approximate surface area is 230 Å². The number of nitrogens with one attached hydrogen (secondary N) is 1. The molecule has 0 radical (unpaired) electrons. The third-order valence-electron chi connectivity index (χ3n) is 7.58. The number of carbonyl (C=O) groups excluding carboxylic acids is 3. The average Bonchev–Trinajstić information content (AvgIpc) is 3.21. The highest BCUT2D eigenvalue weighted by molar-refractivity contribution is 6.00. The molecule has 2 fully saturated rings. The summed E-state index contributed by atoms with van der Waals surface area (Å²) in [6.45, 7) is 2.16. The zero-order valence-electron chi connectivity index (χ0n) is 21.9. The number of halogens is 1. The molecule has 3 aromatic carbocycles. The first-order chi connectivity index (χ1) is 19.2. The molecule has 40 heavy (non-hydrogen) atoms. The molecule has 0 aliphatic carbocycles. The van der Waals surface area contributed by atoms with Gasteiger partial charge in [-0.2, -0.15) is 0 Å². The van der Waals surface area contributed by atoms with E-state index >= 15 is 0 Å². The number of nitro benzene ring substituents is 1. The summed E-state index contributed by atoms with van der Waals surface area (Å²) in [7, 11) is 0. The Morgan fingerprint density at radius 2 is 1.70 bits per heavy atom. The lowest BCUT2D eigenvalue weighted by Gasteiger charge is -2.43. The zero-order valence-corrected chi connectivity index (χ0v) is 21.9. The van der Waals surface area contributed by atoms with Gasteiger partial charge >= 0.3 is 0 Å². The Bertz CT molecular complexity index is 1460. The molecule has 3 aromatic rings. The van der Waals surface area contributed by atoms with Crippen molar-refractivity contribution in [3.63, 3.8) is 0 Å². The van der Waals surface area contributed by atoms with Crippen LogP contribution in [0, 0.1) is 22.9 Å². The van der Waals surface area contributed by atoms with E-state index in [-0.39, 0.29) is 49.4 Å². The van der Waals surface area contributed by atoms with E-state index in [1.807, 2.05) is 35.2 Å². The molecule has 0 unspecified atom stereocenters. The number of rotatable bonds is 6. The van der Waals surface area contributed by atoms with Gasteiger partial charge in [0.1, 0.15) is 17.9 Å². The van der Waals surface area contributed by atoms with Crippen LogP contribution in [0.3, 0.4) is 0 Å². The molecular weight excluding hydrogens is 517 g/mol. The number of hydrogen-bond donors (Lipinski definition) is 1. The van der Waals surface area contributed by atoms with Gasteiger partial charge in [-0.25, -0.2) is 4.39 Å². The van der Waals surface area contributed by atoms with Crippen molar-refractivity contribution in [1.29, 1.82) is 0 Å². The lowest BCUT2D eigenvalue weighted by molar-refractivity contribution is -0.385. The summed E-state index contributed by atoms with van der Waals surface area (Å²) in [4.78, 5) is 55.9. The van der Waals surface area contributed by atoms with Crippen LogP contribution in [0.1, 0.15) is 28.8 Å². The van der Waals surface area contributed by atoms with Crippen LogP contribution in [-0.2, 0) is 9.59 Å². The van der Waals surface area contributed by atoms with Crippen LogP contribution in [-0.4, -0.2) is 64.3 Å². The monoisotopic (exact) mass is 545 g/mol. The molecule has 11 heteroatoms. The summed E-state index contributed by atoms with van der Waals surface area (Å²) in [5, 5.41) is 14.1. The van der Waals surface area contributed by atoms with Crippen LogP contribution in [0.2, 0.25) is 0 Å². The normalized spacial score (nSPS) is 16.4. The van der Waals surface area contributed by atoms with Gasteiger partial charge in [0.15, 0.2) is 0 Å². The molecule has 5 rings (SSSR count). The van der Waals surface area contributed by atoms with Gasteiger partial charge in [0.05, 0.1) is 11.6 Å². The van der Waals surface area contributed by atoms with E-state index in [4.69, 9.17) is 0 Å². The fraction of sp³-hybridized carbons (Fsp3) is 0.276. The third kappa shape index (κ3) is 5.09. The van der Waals surface area contributed by atoms with Crippen LogP contribution in [0.5, 0.6) is 0 Å². The van der Waals surface area contributed by atoms with Gasteiger partial charge in [0.25, 0.3) is 17.5 Å². The van der Waals surface area contributed by atoms with Crippen molar-refractivity contribution >= 4 is 34.8 Å². The first-order valence-electron chi connectivity index (χ1n) is 12.9. The SMILES string of the molecule is Cc1ccc(C(=O)N2CCC3(CC2)C(=O)N(CC(=O)Nc2ccc(F)cc2)CN3c2ccccc2)cc1[N+](=O)[O-]. The van der Waals surface area contributed by atoms with E-state index in [1.165, 1.54) is 35.2 Å². The van der Waals surface area contributed by atoms with Gasteiger partial charge in [-0.05, 0) is 62.2 Å². The first kappa shape index (κ1) is 26.8. The molecule has 0 atom stereocenters. The number of piperidine rings is 1. The third-order valence-corrected chi connectivity index (χ3v) is 7.58. The Hall–Kier alpha value is -4.80. The highest BCUT2D eigenvalue weighted by Gasteiger charge is 2.54. The molecule has 0 saturated carbocycles. The molecule has 0 bridgehead atoms. The van der Waals surface area contributed by atoms with E-state index in [0.717, 1.165) is 5.69 Å². The molecule has 2 saturated heterocycles. The number of para-hydroxylation sites is 1. The van der Waals surface area contributed by atoms with Crippen LogP contribution in [0.4, 0.5) is 21.5 Å². The number of anilines is 2. The molecule has 10 nitrogen and oxygen atoms in total. The van der Waals surface area contributed by atoms with Crippen molar-refractivity contribution in [3.8, 4) is 0 Å². The van der Waals surface area contributed by atoms with Crippen LogP contribution in [0.15, 0.2) is 72.8 Å². The standard InChI is InChI=1S/C29H28FN5O5/c1-20-7-8-21(17-25(20)35(39)40)27(37)32-15-13-29(14-16-32)28(38)33(19-34(29)24-5-3-2-4-6-24)18-26(36)31-23-11-9-22(30)10-12-23/h2-12,17H,13-16,18-19H2,1H3,(H,31,36). The second kappa shape index (κ2) is 10.8. The number of hydrogen-bond acceptors (Lipinski definition) is 6. The van der Waals surface area contributed by atoms with E-state index in [2.05, 4.69) is 5.32 Å². The van der Waals surface area contributed by atoms with Crippen LogP contribution >= 0.6 is 0 Å². The van der Waals surface area contributed by atoms with Crippen molar-refractivity contribution in [2.45, 2.75) is 25.3 Å².